The van der Waals surface area contributed by atoms with Crippen LogP contribution in [0.4, 0.5) is 0 Å². The highest BCUT2D eigenvalue weighted by Crippen LogP contribution is 2.71. The Morgan fingerprint density at radius 2 is 1.14 bits per heavy atom. The van der Waals surface area contributed by atoms with Gasteiger partial charge in [-0.3, -0.25) is 0 Å². The van der Waals surface area contributed by atoms with E-state index in [4.69, 9.17) is 0 Å². The van der Waals surface area contributed by atoms with E-state index in [0.717, 1.165) is 15.9 Å². The Morgan fingerprint density at radius 3 is 1.43 bits per heavy atom. The maximum atomic E-state index is 2.80. The zero-order chi connectivity index (χ0) is 11.1. The zero-order valence-electron chi connectivity index (χ0n) is 9.19. The molecule has 0 radical (unpaired) electrons. The molecule has 0 N–H and O–H groups in total. The van der Waals surface area contributed by atoms with Gasteiger partial charge in [-0.2, -0.15) is 0 Å². The molecule has 14 heavy (non-hydrogen) atoms. The van der Waals surface area contributed by atoms with Crippen molar-refractivity contribution in [2.24, 2.45) is 0 Å². The number of hydrogen-bond acceptors (Lipinski definition) is 0. The van der Waals surface area contributed by atoms with Crippen LogP contribution in [0, 0.1) is 0 Å². The van der Waals surface area contributed by atoms with Crippen LogP contribution in [-0.2, 0) is 0 Å². The molecule has 0 aliphatic carbocycles. The van der Waals surface area contributed by atoms with Crippen molar-refractivity contribution in [1.82, 2.24) is 0 Å². The topological polar surface area (TPSA) is 0 Å². The van der Waals surface area contributed by atoms with E-state index < -0.39 is 0 Å². The first-order valence-electron chi connectivity index (χ1n) is 4.99. The minimum atomic E-state index is 1.13. The highest BCUT2D eigenvalue weighted by molar-refractivity contribution is 8.77. The maximum absolute atomic E-state index is 2.80. The minimum Gasteiger partial charge on any atom is -0.110 e. The van der Waals surface area contributed by atoms with E-state index in [1.165, 1.54) is 56.0 Å². The molecule has 0 saturated carbocycles. The maximum Gasteiger partial charge on any atom is -0.0533 e. The smallest absolute Gasteiger partial charge is 0.0533 e. The fourth-order valence-electron chi connectivity index (χ4n) is 0.780. The molecule has 0 aliphatic heterocycles. The van der Waals surface area contributed by atoms with Gasteiger partial charge in [0.15, 0.2) is 0 Å². The van der Waals surface area contributed by atoms with Crippen molar-refractivity contribution in [2.45, 2.75) is 46.0 Å². The van der Waals surface area contributed by atoms with Crippen molar-refractivity contribution >= 4 is 57.6 Å². The summed E-state index contributed by atoms with van der Waals surface area (Å²) in [7, 11) is 11.6. The lowest BCUT2D eigenvalue weighted by atomic mass is 10.2. The molecule has 0 bridgehead atoms. The van der Waals surface area contributed by atoms with Gasteiger partial charge < -0.3 is 0 Å². The summed E-state index contributed by atoms with van der Waals surface area (Å²) in [4.78, 5) is 0. The summed E-state index contributed by atoms with van der Waals surface area (Å²) in [5.41, 5.74) is 0. The first-order valence-corrected chi connectivity index (χ1v) is 17.6. The van der Waals surface area contributed by atoms with Crippen molar-refractivity contribution in [3.8, 4) is 0 Å². The molecule has 0 aromatic heterocycles. The Labute approximate surface area is 104 Å². The molecule has 7 heteroatoms. The fourth-order valence-corrected chi connectivity index (χ4v) is 25.8. The zero-order valence-corrected chi connectivity index (χ0v) is 16.5. The van der Waals surface area contributed by atoms with Crippen LogP contribution in [0.5, 0.6) is 0 Å². The Hall–Kier alpha value is 3.01. The van der Waals surface area contributed by atoms with E-state index in [2.05, 4.69) is 31.7 Å². The predicted molar refractivity (Wildman–Crippen MR) is 95.4 cm³/mol. The van der Waals surface area contributed by atoms with Crippen molar-refractivity contribution in [3.63, 3.8) is 0 Å². The normalized spacial score (nSPS) is 13.7. The third-order valence-electron chi connectivity index (χ3n) is 1.48. The summed E-state index contributed by atoms with van der Waals surface area (Å²) >= 11 is 0. The summed E-state index contributed by atoms with van der Waals surface area (Å²) in [6, 6.07) is 0. The van der Waals surface area contributed by atoms with Gasteiger partial charge in [-0.05, 0) is 0 Å². The van der Waals surface area contributed by atoms with Crippen LogP contribution < -0.4 is 0 Å². The fraction of sp³-hybridized carbons (Fsp3) is 1.00. The van der Waals surface area contributed by atoms with Gasteiger partial charge in [-0.1, -0.05) is 85.7 Å². The Balaban J connectivity index is 0. The van der Waals surface area contributed by atoms with Crippen LogP contribution in [0.15, 0.2) is 0 Å². The first kappa shape index (κ1) is 19.4. The van der Waals surface area contributed by atoms with E-state index in [-0.39, 0.29) is 0 Å². The lowest BCUT2D eigenvalue weighted by Gasteiger charge is -1.92. The molecule has 0 aliphatic rings. The molecular formula is C7H25P7. The molecule has 0 aromatic carbocycles. The summed E-state index contributed by atoms with van der Waals surface area (Å²) in [6.45, 7) is 4.49. The van der Waals surface area contributed by atoms with E-state index >= 15 is 0 Å². The molecular weight excluding hydrogens is 301 g/mol. The van der Waals surface area contributed by atoms with E-state index in [1.807, 2.05) is 0 Å². The average Bonchev–Trinajstić information content (AvgIpc) is 2.21. The van der Waals surface area contributed by atoms with E-state index in [0.29, 0.717) is 0 Å². The molecule has 6 atom stereocenters. The van der Waals surface area contributed by atoms with Gasteiger partial charge in [0.1, 0.15) is 0 Å². The lowest BCUT2D eigenvalue weighted by molar-refractivity contribution is 0.656. The molecule has 0 spiro atoms. The summed E-state index contributed by atoms with van der Waals surface area (Å²) in [6.07, 6.45) is 7.01. The van der Waals surface area contributed by atoms with Gasteiger partial charge in [-0.15, -0.1) is 17.9 Å². The summed E-state index contributed by atoms with van der Waals surface area (Å²) in [5.74, 6) is 0. The Bertz CT molecular complexity index is 62.4. The van der Waals surface area contributed by atoms with Crippen LogP contribution in [-0.4, -0.2) is 0 Å². The standard InChI is InChI=1S/C7H16.H9P7/c2*1-3-5-7-6-4-2/h3-7H2,1-2H3;3-7H,1-2H2. The molecule has 0 rings (SSSR count). The van der Waals surface area contributed by atoms with Gasteiger partial charge in [0.2, 0.25) is 0 Å². The highest BCUT2D eigenvalue weighted by atomic mass is 32.8. The average molecular weight is 326 g/mol. The van der Waals surface area contributed by atoms with E-state index in [9.17, 15) is 0 Å². The van der Waals surface area contributed by atoms with Gasteiger partial charge in [0.25, 0.3) is 0 Å². The molecule has 0 amide bonds. The number of unbranched alkanes of at least 4 members (excludes halogenated alkanes) is 4. The van der Waals surface area contributed by atoms with Gasteiger partial charge in [-0.25, -0.2) is 0 Å². The van der Waals surface area contributed by atoms with Gasteiger partial charge in [0, 0.05) is 0 Å². The Kier molecular flexibility index (Phi) is 29.5. The molecule has 6 unspecified atom stereocenters. The SMILES string of the molecule is CCCCCCC.PPPPPPP. The van der Waals surface area contributed by atoms with E-state index in [1.54, 1.807) is 0 Å². The van der Waals surface area contributed by atoms with Crippen molar-refractivity contribution in [2.75, 3.05) is 0 Å². The quantitative estimate of drug-likeness (QED) is 0.348. The van der Waals surface area contributed by atoms with Gasteiger partial charge >= 0.3 is 0 Å². The second-order valence-electron chi connectivity index (χ2n) is 2.72. The summed E-state index contributed by atoms with van der Waals surface area (Å²) in [5, 5.41) is 0. The Morgan fingerprint density at radius 1 is 0.714 bits per heavy atom. The van der Waals surface area contributed by atoms with Crippen molar-refractivity contribution in [1.29, 1.82) is 0 Å². The molecule has 0 fully saturated rings. The third-order valence-corrected chi connectivity index (χ3v) is 23.0. The number of rotatable bonds is 8. The monoisotopic (exact) mass is 326 g/mol. The lowest BCUT2D eigenvalue weighted by Crippen LogP contribution is -1.70. The number of hydrogen-bond donors (Lipinski definition) is 0. The predicted octanol–water partition coefficient (Wildman–Crippen LogP) is 6.60. The van der Waals surface area contributed by atoms with Crippen LogP contribution in [0.25, 0.3) is 0 Å². The minimum absolute atomic E-state index is 1.13. The largest absolute Gasteiger partial charge is 0.110 e. The summed E-state index contributed by atoms with van der Waals surface area (Å²) < 4.78 is 0. The highest BCUT2D eigenvalue weighted by Gasteiger charge is 1.80. The van der Waals surface area contributed by atoms with Crippen LogP contribution >= 0.6 is 57.6 Å². The van der Waals surface area contributed by atoms with Crippen LogP contribution in [0.2, 0.25) is 0 Å². The second-order valence-corrected chi connectivity index (χ2v) is 20.0. The molecule has 0 aromatic rings. The van der Waals surface area contributed by atoms with Crippen LogP contribution in [0.3, 0.4) is 0 Å². The van der Waals surface area contributed by atoms with Crippen molar-refractivity contribution < 1.29 is 0 Å². The molecule has 0 nitrogen and oxygen atoms in total. The van der Waals surface area contributed by atoms with Crippen molar-refractivity contribution in [3.05, 3.63) is 0 Å². The third kappa shape index (κ3) is 24.3. The first-order chi connectivity index (χ1) is 6.83. The molecule has 88 valence electrons. The van der Waals surface area contributed by atoms with Crippen LogP contribution in [0.1, 0.15) is 46.0 Å². The molecule has 0 heterocycles. The molecule has 0 saturated heterocycles. The van der Waals surface area contributed by atoms with Gasteiger partial charge in [0.05, 0.1) is 0 Å². The second kappa shape index (κ2) is 21.3.